The van der Waals surface area contributed by atoms with Crippen molar-refractivity contribution in [2.45, 2.75) is 51.9 Å². The number of hydrogen-bond donors (Lipinski definition) is 1. The van der Waals surface area contributed by atoms with E-state index in [1.54, 1.807) is 7.11 Å². The average Bonchev–Trinajstić information content (AvgIpc) is 2.53. The van der Waals surface area contributed by atoms with Crippen molar-refractivity contribution in [1.82, 2.24) is 0 Å². The summed E-state index contributed by atoms with van der Waals surface area (Å²) in [7, 11) is 3.12. The summed E-state index contributed by atoms with van der Waals surface area (Å²) in [5.41, 5.74) is 3.67. The molecule has 0 heterocycles. The lowest BCUT2D eigenvalue weighted by Crippen LogP contribution is -2.00. The van der Waals surface area contributed by atoms with Crippen molar-refractivity contribution in [2.24, 2.45) is 0 Å². The molecule has 120 valence electrons. The van der Waals surface area contributed by atoms with E-state index in [0.29, 0.717) is 13.0 Å². The summed E-state index contributed by atoms with van der Waals surface area (Å²) in [6, 6.07) is 6.45. The smallest absolute Gasteiger partial charge is 0.305 e. The van der Waals surface area contributed by atoms with Gasteiger partial charge in [0, 0.05) is 19.3 Å². The first-order valence-corrected chi connectivity index (χ1v) is 8.11. The zero-order valence-corrected chi connectivity index (χ0v) is 14.5. The molecule has 0 amide bonds. The Bertz CT molecular complexity index is 405. The Hall–Kier alpha value is -1.00. The summed E-state index contributed by atoms with van der Waals surface area (Å²) < 4.78 is 9.79. The third-order valence-corrected chi connectivity index (χ3v) is 3.30. The number of aryl methyl sites for hydroxylation is 1. The summed E-state index contributed by atoms with van der Waals surface area (Å²) in [4.78, 5) is 11.0. The monoisotopic (exact) mass is 312 g/mol. The van der Waals surface area contributed by atoms with E-state index >= 15 is 0 Å². The lowest BCUT2D eigenvalue weighted by molar-refractivity contribution is -0.140. The van der Waals surface area contributed by atoms with Gasteiger partial charge in [-0.3, -0.25) is 4.79 Å². The third-order valence-electron chi connectivity index (χ3n) is 2.93. The van der Waals surface area contributed by atoms with Crippen LogP contribution in [-0.4, -0.2) is 20.2 Å². The molecule has 0 bridgehead atoms. The average molecular weight is 312 g/mol. The minimum atomic E-state index is -0.135. The van der Waals surface area contributed by atoms with E-state index in [4.69, 9.17) is 4.74 Å². The molecule has 1 rings (SSSR count). The summed E-state index contributed by atoms with van der Waals surface area (Å²) >= 11 is 4.32. The Kier molecular flexibility index (Phi) is 12.1. The van der Waals surface area contributed by atoms with Crippen LogP contribution in [0.2, 0.25) is 0 Å². The molecule has 1 aromatic rings. The molecule has 0 aromatic heterocycles. The summed E-state index contributed by atoms with van der Waals surface area (Å²) in [6.45, 7) is 4.62. The number of thiol groups is 1. The highest BCUT2D eigenvalue weighted by atomic mass is 32.1. The van der Waals surface area contributed by atoms with Crippen LogP contribution in [0.25, 0.3) is 0 Å². The van der Waals surface area contributed by atoms with Crippen molar-refractivity contribution in [1.29, 1.82) is 0 Å². The van der Waals surface area contributed by atoms with Gasteiger partial charge in [0.25, 0.3) is 0 Å². The highest BCUT2D eigenvalue weighted by Crippen LogP contribution is 2.16. The molecule has 0 fully saturated rings. The van der Waals surface area contributed by atoms with Gasteiger partial charge in [0.2, 0.25) is 0 Å². The minimum Gasteiger partial charge on any atom is -0.469 e. The van der Waals surface area contributed by atoms with Crippen molar-refractivity contribution in [3.8, 4) is 0 Å². The summed E-state index contributed by atoms with van der Waals surface area (Å²) in [5.74, 6) is 0.594. The largest absolute Gasteiger partial charge is 0.469 e. The minimum absolute atomic E-state index is 0.135. The van der Waals surface area contributed by atoms with Crippen molar-refractivity contribution in [3.05, 3.63) is 34.9 Å². The Morgan fingerprint density at radius 2 is 1.67 bits per heavy atom. The van der Waals surface area contributed by atoms with Crippen LogP contribution in [0.15, 0.2) is 18.2 Å². The number of methoxy groups -OCH3 is 2. The van der Waals surface area contributed by atoms with Crippen LogP contribution in [0.5, 0.6) is 0 Å². The van der Waals surface area contributed by atoms with Crippen molar-refractivity contribution in [2.75, 3.05) is 14.2 Å². The van der Waals surface area contributed by atoms with Crippen LogP contribution in [-0.2, 0) is 33.0 Å². The molecule has 3 nitrogen and oxygen atoms in total. The number of benzene rings is 1. The number of carbonyl (C=O) groups is 1. The Labute approximate surface area is 134 Å². The van der Waals surface area contributed by atoms with Crippen LogP contribution in [0, 0.1) is 0 Å². The molecule has 0 radical (unpaired) electrons. The molecule has 0 atom stereocenters. The fraction of sp³-hybridized carbons (Fsp3) is 0.588. The van der Waals surface area contributed by atoms with Crippen LogP contribution >= 0.6 is 12.6 Å². The van der Waals surface area contributed by atoms with Gasteiger partial charge in [-0.15, -0.1) is 0 Å². The van der Waals surface area contributed by atoms with E-state index in [1.807, 2.05) is 13.8 Å². The second-order valence-electron chi connectivity index (χ2n) is 4.53. The fourth-order valence-corrected chi connectivity index (χ4v) is 2.21. The first-order chi connectivity index (χ1) is 10.2. The molecule has 0 spiro atoms. The molecular weight excluding hydrogens is 284 g/mol. The molecule has 0 saturated carbocycles. The number of rotatable bonds is 8. The molecule has 0 aliphatic carbocycles. The van der Waals surface area contributed by atoms with Gasteiger partial charge in [-0.1, -0.05) is 32.0 Å². The maximum atomic E-state index is 11.0. The van der Waals surface area contributed by atoms with Gasteiger partial charge in [-0.2, -0.15) is 12.6 Å². The second-order valence-corrected chi connectivity index (χ2v) is 4.85. The van der Waals surface area contributed by atoms with Gasteiger partial charge in [0.15, 0.2) is 0 Å². The third kappa shape index (κ3) is 8.79. The van der Waals surface area contributed by atoms with E-state index in [2.05, 4.69) is 35.6 Å². The van der Waals surface area contributed by atoms with Crippen LogP contribution in [0.4, 0.5) is 0 Å². The lowest BCUT2D eigenvalue weighted by atomic mass is 10.0. The van der Waals surface area contributed by atoms with E-state index in [0.717, 1.165) is 25.0 Å². The fourth-order valence-electron chi connectivity index (χ4n) is 2.03. The molecule has 0 saturated heterocycles. The number of hydrogen-bond acceptors (Lipinski definition) is 4. The van der Waals surface area contributed by atoms with Crippen molar-refractivity contribution < 1.29 is 14.3 Å². The van der Waals surface area contributed by atoms with Gasteiger partial charge in [-0.25, -0.2) is 0 Å². The van der Waals surface area contributed by atoms with Gasteiger partial charge in [0.1, 0.15) is 0 Å². The zero-order chi connectivity index (χ0) is 16.1. The number of unbranched alkanes of at least 4 members (excludes halogenated alkanes) is 1. The van der Waals surface area contributed by atoms with Gasteiger partial charge in [-0.05, 0) is 36.0 Å². The Balaban J connectivity index is 0.00000191. The molecule has 0 aliphatic rings. The Morgan fingerprint density at radius 1 is 1.05 bits per heavy atom. The van der Waals surface area contributed by atoms with Crippen molar-refractivity contribution >= 4 is 18.6 Å². The molecule has 0 aliphatic heterocycles. The van der Waals surface area contributed by atoms with Gasteiger partial charge >= 0.3 is 5.97 Å². The van der Waals surface area contributed by atoms with Crippen LogP contribution in [0.1, 0.15) is 49.8 Å². The normalized spacial score (nSPS) is 9.76. The predicted octanol–water partition coefficient (Wildman–Crippen LogP) is 4.17. The molecule has 0 unspecified atom stereocenters. The van der Waals surface area contributed by atoms with Crippen LogP contribution in [0.3, 0.4) is 0 Å². The topological polar surface area (TPSA) is 35.5 Å². The number of esters is 1. The molecular formula is C17H28O3S. The van der Waals surface area contributed by atoms with Crippen LogP contribution < -0.4 is 0 Å². The maximum Gasteiger partial charge on any atom is 0.305 e. The standard InChI is InChI=1S/C15H22O3S.C2H6/c1-17-10-13-7-12(8-14(9-13)11-19)5-3-4-6-15(16)18-2;1-2/h7-9,19H,3-6,10-11H2,1-2H3;1-2H3. The molecule has 0 N–H and O–H groups in total. The highest BCUT2D eigenvalue weighted by molar-refractivity contribution is 7.79. The zero-order valence-electron chi connectivity index (χ0n) is 13.6. The lowest BCUT2D eigenvalue weighted by Gasteiger charge is -2.08. The summed E-state index contributed by atoms with van der Waals surface area (Å²) in [5, 5.41) is 0. The van der Waals surface area contributed by atoms with E-state index in [-0.39, 0.29) is 5.97 Å². The van der Waals surface area contributed by atoms with Crippen molar-refractivity contribution in [3.63, 3.8) is 0 Å². The Morgan fingerprint density at radius 3 is 2.24 bits per heavy atom. The molecule has 4 heteroatoms. The quantitative estimate of drug-likeness (QED) is 0.444. The first-order valence-electron chi connectivity index (χ1n) is 7.48. The molecule has 1 aromatic carbocycles. The number of carbonyl (C=O) groups excluding carboxylic acids is 1. The molecule has 21 heavy (non-hydrogen) atoms. The second kappa shape index (κ2) is 12.7. The SMILES string of the molecule is CC.COCc1cc(CS)cc(CCCCC(=O)OC)c1. The van der Waals surface area contributed by atoms with E-state index < -0.39 is 0 Å². The van der Waals surface area contributed by atoms with Gasteiger partial charge < -0.3 is 9.47 Å². The highest BCUT2D eigenvalue weighted by Gasteiger charge is 2.03. The maximum absolute atomic E-state index is 11.0. The van der Waals surface area contributed by atoms with Gasteiger partial charge in [0.05, 0.1) is 13.7 Å². The van der Waals surface area contributed by atoms with E-state index in [1.165, 1.54) is 23.8 Å². The predicted molar refractivity (Wildman–Crippen MR) is 90.8 cm³/mol. The van der Waals surface area contributed by atoms with E-state index in [9.17, 15) is 4.79 Å². The summed E-state index contributed by atoms with van der Waals surface area (Å²) in [6.07, 6.45) is 3.30. The first kappa shape index (κ1) is 20.0. The number of ether oxygens (including phenoxy) is 2.